The molecule has 0 radical (unpaired) electrons. The van der Waals surface area contributed by atoms with Crippen molar-refractivity contribution in [3.8, 4) is 11.8 Å². The summed E-state index contributed by atoms with van der Waals surface area (Å²) < 4.78 is 19.0. The van der Waals surface area contributed by atoms with Crippen molar-refractivity contribution in [1.29, 1.82) is 5.26 Å². The van der Waals surface area contributed by atoms with Crippen LogP contribution in [0.15, 0.2) is 72.4 Å². The molecule has 0 saturated heterocycles. The Labute approximate surface area is 210 Å². The van der Waals surface area contributed by atoms with Crippen molar-refractivity contribution in [1.82, 2.24) is 0 Å². The molecule has 0 unspecified atom stereocenters. The van der Waals surface area contributed by atoms with E-state index < -0.39 is 23.5 Å². The summed E-state index contributed by atoms with van der Waals surface area (Å²) in [7, 11) is 0. The van der Waals surface area contributed by atoms with Gasteiger partial charge in [0.05, 0.1) is 28.4 Å². The topological polar surface area (TPSA) is 112 Å². The van der Waals surface area contributed by atoms with Crippen LogP contribution in [-0.2, 0) is 4.79 Å². The van der Waals surface area contributed by atoms with Crippen LogP contribution in [0, 0.1) is 17.1 Å². The largest absolute Gasteiger partial charge is 0.492 e. The zero-order valence-electron chi connectivity index (χ0n) is 18.8. The van der Waals surface area contributed by atoms with E-state index in [-0.39, 0.29) is 34.3 Å². The highest BCUT2D eigenvalue weighted by Gasteiger charge is 2.37. The maximum Gasteiger partial charge on any atom is 0.267 e. The van der Waals surface area contributed by atoms with E-state index in [0.717, 1.165) is 11.0 Å². The maximum atomic E-state index is 13.3. The number of halogens is 2. The zero-order chi connectivity index (χ0) is 25.8. The van der Waals surface area contributed by atoms with Gasteiger partial charge >= 0.3 is 0 Å². The van der Waals surface area contributed by atoms with Gasteiger partial charge in [-0.2, -0.15) is 5.26 Å². The molecule has 3 aromatic carbocycles. The number of ether oxygens (including phenoxy) is 1. The Hall–Kier alpha value is -4.68. The molecule has 4 rings (SSSR count). The summed E-state index contributed by atoms with van der Waals surface area (Å²) in [6.45, 7) is 2.02. The van der Waals surface area contributed by atoms with E-state index in [1.54, 1.807) is 49.4 Å². The van der Waals surface area contributed by atoms with E-state index in [1.165, 1.54) is 24.4 Å². The van der Waals surface area contributed by atoms with Gasteiger partial charge in [0.1, 0.15) is 23.2 Å². The number of nitrogens with one attached hydrogen (secondary N) is 2. The van der Waals surface area contributed by atoms with Gasteiger partial charge in [0.25, 0.3) is 17.7 Å². The molecule has 1 aliphatic heterocycles. The number of hydrogen-bond acceptors (Lipinski definition) is 6. The van der Waals surface area contributed by atoms with E-state index in [2.05, 4.69) is 10.6 Å². The molecular formula is C26H18ClFN4O4. The molecule has 0 fully saturated rings. The van der Waals surface area contributed by atoms with Gasteiger partial charge in [-0.05, 0) is 49.4 Å². The number of carbonyl (C=O) groups excluding carboxylic acids is 3. The average molecular weight is 505 g/mol. The van der Waals surface area contributed by atoms with Crippen molar-refractivity contribution in [3.63, 3.8) is 0 Å². The molecule has 3 aromatic rings. The second kappa shape index (κ2) is 10.3. The van der Waals surface area contributed by atoms with E-state index in [1.807, 2.05) is 0 Å². The van der Waals surface area contributed by atoms with Crippen LogP contribution in [0.5, 0.6) is 5.75 Å². The van der Waals surface area contributed by atoms with Crippen molar-refractivity contribution >= 4 is 46.4 Å². The minimum Gasteiger partial charge on any atom is -0.492 e. The molecule has 0 spiro atoms. The summed E-state index contributed by atoms with van der Waals surface area (Å²) >= 11 is 5.72. The Balaban J connectivity index is 1.56. The fraction of sp³-hybridized carbons (Fsp3) is 0.0769. The van der Waals surface area contributed by atoms with Crippen molar-refractivity contribution in [2.75, 3.05) is 22.1 Å². The van der Waals surface area contributed by atoms with Crippen LogP contribution in [-0.4, -0.2) is 24.3 Å². The van der Waals surface area contributed by atoms with Crippen molar-refractivity contribution in [2.45, 2.75) is 6.92 Å². The van der Waals surface area contributed by atoms with Crippen LogP contribution in [0.4, 0.5) is 21.5 Å². The minimum absolute atomic E-state index is 0.171. The number of carbonyl (C=O) groups is 3. The molecule has 1 aliphatic rings. The summed E-state index contributed by atoms with van der Waals surface area (Å²) in [5.74, 6) is -2.03. The molecule has 0 aromatic heterocycles. The fourth-order valence-electron chi connectivity index (χ4n) is 3.54. The number of amides is 3. The lowest BCUT2D eigenvalue weighted by Crippen LogP contribution is -2.29. The van der Waals surface area contributed by atoms with Crippen LogP contribution in [0.3, 0.4) is 0 Å². The number of nitriles is 1. The lowest BCUT2D eigenvalue weighted by molar-refractivity contribution is -0.112. The summed E-state index contributed by atoms with van der Waals surface area (Å²) in [6.07, 6.45) is 1.19. The Morgan fingerprint density at radius 1 is 1.08 bits per heavy atom. The van der Waals surface area contributed by atoms with Crippen LogP contribution in [0.25, 0.3) is 0 Å². The quantitative estimate of drug-likeness (QED) is 0.262. The molecule has 1 heterocycles. The monoisotopic (exact) mass is 504 g/mol. The maximum absolute atomic E-state index is 13.3. The summed E-state index contributed by atoms with van der Waals surface area (Å²) in [5.41, 5.74) is 1.27. The first kappa shape index (κ1) is 24.4. The van der Waals surface area contributed by atoms with Crippen LogP contribution < -0.4 is 20.3 Å². The summed E-state index contributed by atoms with van der Waals surface area (Å²) in [6, 6.07) is 16.6. The zero-order valence-corrected chi connectivity index (χ0v) is 19.6. The van der Waals surface area contributed by atoms with Gasteiger partial charge in [0.2, 0.25) is 0 Å². The predicted molar refractivity (Wildman–Crippen MR) is 133 cm³/mol. The van der Waals surface area contributed by atoms with Crippen molar-refractivity contribution in [2.24, 2.45) is 0 Å². The average Bonchev–Trinajstić information content (AvgIpc) is 3.12. The Morgan fingerprint density at radius 3 is 2.36 bits per heavy atom. The SMILES string of the molecule is CCOc1cc(NC=C(C#N)C(=O)Nc2ccc(F)c(Cl)c2)ccc1N1C(=O)c2ccccc2C1=O. The number of fused-ring (bicyclic) bond motifs is 1. The molecular weight excluding hydrogens is 487 g/mol. The fourth-order valence-corrected chi connectivity index (χ4v) is 3.72. The van der Waals surface area contributed by atoms with Crippen LogP contribution >= 0.6 is 11.6 Å². The Bertz CT molecular complexity index is 1430. The third-order valence-electron chi connectivity index (χ3n) is 5.22. The molecule has 0 bridgehead atoms. The number of anilines is 3. The highest BCUT2D eigenvalue weighted by Crippen LogP contribution is 2.36. The number of nitrogens with zero attached hydrogens (tertiary/aromatic N) is 2. The first-order chi connectivity index (χ1) is 17.3. The minimum atomic E-state index is -0.736. The second-order valence-corrected chi connectivity index (χ2v) is 7.91. The Kier molecular flexibility index (Phi) is 6.99. The molecule has 0 atom stereocenters. The molecule has 0 aliphatic carbocycles. The first-order valence-electron chi connectivity index (χ1n) is 10.7. The molecule has 180 valence electrons. The van der Waals surface area contributed by atoms with E-state index >= 15 is 0 Å². The molecule has 2 N–H and O–H groups in total. The first-order valence-corrected chi connectivity index (χ1v) is 11.1. The molecule has 36 heavy (non-hydrogen) atoms. The molecule has 10 heteroatoms. The smallest absolute Gasteiger partial charge is 0.267 e. The van der Waals surface area contributed by atoms with Gasteiger partial charge in [0, 0.05) is 23.6 Å². The van der Waals surface area contributed by atoms with E-state index in [0.29, 0.717) is 16.8 Å². The third-order valence-corrected chi connectivity index (χ3v) is 5.51. The van der Waals surface area contributed by atoms with Gasteiger partial charge in [-0.1, -0.05) is 23.7 Å². The number of imide groups is 1. The lowest BCUT2D eigenvalue weighted by Gasteiger charge is -2.19. The van der Waals surface area contributed by atoms with Gasteiger partial charge in [0.15, 0.2) is 0 Å². The lowest BCUT2D eigenvalue weighted by atomic mass is 10.1. The summed E-state index contributed by atoms with van der Waals surface area (Å²) in [5, 5.41) is 14.5. The standard InChI is InChI=1S/C26H18ClFN4O4/c1-2-36-23-12-16(8-10-22(23)32-25(34)18-5-3-4-6-19(18)26(32)35)30-14-15(13-29)24(33)31-17-7-9-21(28)20(27)11-17/h3-12,14,30H,2H2,1H3,(H,31,33). The Morgan fingerprint density at radius 2 is 1.75 bits per heavy atom. The van der Waals surface area contributed by atoms with Crippen LogP contribution in [0.1, 0.15) is 27.6 Å². The van der Waals surface area contributed by atoms with Gasteiger partial charge < -0.3 is 15.4 Å². The van der Waals surface area contributed by atoms with Crippen molar-refractivity contribution in [3.05, 3.63) is 94.4 Å². The third kappa shape index (κ3) is 4.76. The summed E-state index contributed by atoms with van der Waals surface area (Å²) in [4.78, 5) is 39.3. The highest BCUT2D eigenvalue weighted by atomic mass is 35.5. The van der Waals surface area contributed by atoms with Gasteiger partial charge in [-0.15, -0.1) is 0 Å². The van der Waals surface area contributed by atoms with E-state index in [4.69, 9.17) is 16.3 Å². The van der Waals surface area contributed by atoms with Gasteiger partial charge in [-0.3, -0.25) is 14.4 Å². The number of hydrogen-bond donors (Lipinski definition) is 2. The molecule has 8 nitrogen and oxygen atoms in total. The molecule has 0 saturated carbocycles. The molecule has 3 amide bonds. The highest BCUT2D eigenvalue weighted by molar-refractivity contribution is 6.35. The number of benzene rings is 3. The second-order valence-electron chi connectivity index (χ2n) is 7.50. The number of rotatable bonds is 7. The van der Waals surface area contributed by atoms with Gasteiger partial charge in [-0.25, -0.2) is 9.29 Å². The van der Waals surface area contributed by atoms with E-state index in [9.17, 15) is 24.0 Å². The van der Waals surface area contributed by atoms with Crippen molar-refractivity contribution < 1.29 is 23.5 Å². The predicted octanol–water partition coefficient (Wildman–Crippen LogP) is 5.14. The normalized spacial score (nSPS) is 12.7. The van der Waals surface area contributed by atoms with Crippen LogP contribution in [0.2, 0.25) is 5.02 Å².